The van der Waals surface area contributed by atoms with Crippen molar-refractivity contribution < 1.29 is 71.1 Å². The lowest BCUT2D eigenvalue weighted by molar-refractivity contribution is -0.144. The first-order valence-corrected chi connectivity index (χ1v) is 25.3. The number of carbonyl (C=O) groups is 6. The zero-order valence-corrected chi connectivity index (χ0v) is 45.2. The molecule has 6 N–H and O–H groups in total. The molecular weight excluding hydrogens is 1050 g/mol. The molecule has 2 aliphatic carbocycles. The Morgan fingerprint density at radius 3 is 1.31 bits per heavy atom. The Bertz CT molecular complexity index is 3290. The number of benzene rings is 6. The fraction of sp³-hybridized carbons (Fsp3) is 0.258. The topological polar surface area (TPSA) is 240 Å². The number of ether oxygens (including phenoxy) is 6. The van der Waals surface area contributed by atoms with E-state index in [9.17, 15) is 37.5 Å². The Balaban J connectivity index is 0.000000219. The molecule has 2 aliphatic rings. The molecule has 6 aromatic rings. The van der Waals surface area contributed by atoms with Gasteiger partial charge in [0.1, 0.15) is 61.6 Å². The number of fused-ring (bicyclic) bond motifs is 6. The van der Waals surface area contributed by atoms with Crippen LogP contribution in [0.3, 0.4) is 0 Å². The second-order valence-corrected chi connectivity index (χ2v) is 18.1. The van der Waals surface area contributed by atoms with E-state index in [1.807, 2.05) is 72.8 Å². The van der Waals surface area contributed by atoms with Gasteiger partial charge in [0.15, 0.2) is 0 Å². The molecule has 81 heavy (non-hydrogen) atoms. The third kappa shape index (κ3) is 15.7. The lowest BCUT2D eigenvalue weighted by Gasteiger charge is -2.24. The molecule has 8 rings (SSSR count). The number of aromatic carboxylic acids is 1. The number of esters is 2. The summed E-state index contributed by atoms with van der Waals surface area (Å²) in [7, 11) is 2.40. The van der Waals surface area contributed by atoms with Crippen molar-refractivity contribution in [2.45, 2.75) is 63.7 Å². The normalized spacial score (nSPS) is 12.8. The van der Waals surface area contributed by atoms with Gasteiger partial charge in [0.25, 0.3) is 5.91 Å². The number of nitrogens with two attached hydrogens (primary N) is 1. The summed E-state index contributed by atoms with van der Waals surface area (Å²) >= 11 is 0. The molecular formula is C62H60F2N4O13. The average Bonchev–Trinajstić information content (AvgIpc) is 4.08. The molecule has 0 heterocycles. The smallest absolute Gasteiger partial charge is 0.407 e. The fourth-order valence-corrected chi connectivity index (χ4v) is 8.81. The Labute approximate surface area is 467 Å². The van der Waals surface area contributed by atoms with Gasteiger partial charge in [0.2, 0.25) is 0 Å². The van der Waals surface area contributed by atoms with Crippen molar-refractivity contribution in [1.29, 1.82) is 0 Å². The minimum Gasteiger partial charge on any atom is -0.481 e. The number of hydrogen-bond donors (Lipinski definition) is 5. The number of halogens is 2. The van der Waals surface area contributed by atoms with E-state index >= 15 is 0 Å². The van der Waals surface area contributed by atoms with Gasteiger partial charge in [-0.1, -0.05) is 109 Å². The first kappa shape index (κ1) is 60.5. The number of methoxy groups -OCH3 is 2. The molecule has 0 spiro atoms. The van der Waals surface area contributed by atoms with Crippen LogP contribution < -0.4 is 31.2 Å². The second kappa shape index (κ2) is 29.3. The second-order valence-electron chi connectivity index (χ2n) is 18.1. The highest BCUT2D eigenvalue weighted by Crippen LogP contribution is 2.45. The van der Waals surface area contributed by atoms with Gasteiger partial charge in [-0.05, 0) is 96.5 Å². The highest BCUT2D eigenvalue weighted by Gasteiger charge is 2.34. The summed E-state index contributed by atoms with van der Waals surface area (Å²) < 4.78 is 58.4. The van der Waals surface area contributed by atoms with Gasteiger partial charge < -0.3 is 55.2 Å². The van der Waals surface area contributed by atoms with Gasteiger partial charge in [0.05, 0.1) is 37.4 Å². The van der Waals surface area contributed by atoms with Gasteiger partial charge in [0, 0.05) is 24.0 Å². The molecule has 4 atom stereocenters. The number of amides is 3. The molecule has 0 unspecified atom stereocenters. The van der Waals surface area contributed by atoms with Crippen molar-refractivity contribution in [2.24, 2.45) is 5.73 Å². The molecule has 0 saturated heterocycles. The maximum Gasteiger partial charge on any atom is 0.407 e. The Morgan fingerprint density at radius 2 is 0.938 bits per heavy atom. The highest BCUT2D eigenvalue weighted by atomic mass is 19.1. The molecule has 0 saturated carbocycles. The summed E-state index contributed by atoms with van der Waals surface area (Å²) in [6.07, 6.45) is -1.39. The summed E-state index contributed by atoms with van der Waals surface area (Å²) in [6.45, 7) is 6.96. The van der Waals surface area contributed by atoms with Crippen LogP contribution in [0.4, 0.5) is 18.4 Å². The average molecular weight is 1110 g/mol. The van der Waals surface area contributed by atoms with Crippen LogP contribution in [0.2, 0.25) is 0 Å². The largest absolute Gasteiger partial charge is 0.481 e. The molecule has 3 amide bonds. The van der Waals surface area contributed by atoms with E-state index < -0.39 is 71.8 Å². The van der Waals surface area contributed by atoms with Crippen molar-refractivity contribution in [3.63, 3.8) is 0 Å². The Morgan fingerprint density at radius 1 is 0.556 bits per heavy atom. The standard InChI is InChI=1S/C31H29FN2O6.C20H22N2O4.C11H9FO3/c1-4-5-16-39-20-14-15-25(27(32)17-20)29(35)34-28(30(36)38-3)19(2)33-31(37)40-18-26-23-12-8-6-10-21(23)22-11-7-9-13-24(22)26;1-12(18(21)19(23)25-2)22-20(24)26-11-17-15-9-5-3-7-13(15)14-8-4-6-10-16(14)17;1-2-3-6-15-8-4-5-9(11(13)14)10(12)7-8/h6-15,17,19,26,28H,16,18H2,1-3H3,(H,33,37)(H,34,35);3-10,12,17-18H,11,21H2,1-2H3,(H,22,24);4-5,7H,6H2,1H3,(H,13,14)/t19-,28+;12-,18+;/m11./s1. The predicted molar refractivity (Wildman–Crippen MR) is 296 cm³/mol. The number of alkyl carbamates (subject to hydrolysis) is 2. The van der Waals surface area contributed by atoms with Crippen LogP contribution in [-0.4, -0.2) is 106 Å². The summed E-state index contributed by atoms with van der Waals surface area (Å²) in [5.41, 5.74) is 13.9. The fourth-order valence-electron chi connectivity index (χ4n) is 8.81. The maximum absolute atomic E-state index is 14.6. The van der Waals surface area contributed by atoms with Gasteiger partial charge in [-0.15, -0.1) is 11.8 Å². The summed E-state index contributed by atoms with van der Waals surface area (Å²) in [6, 6.07) is 35.6. The third-order valence-electron chi connectivity index (χ3n) is 13.0. The quantitative estimate of drug-likeness (QED) is 0.0326. The van der Waals surface area contributed by atoms with Gasteiger partial charge in [-0.3, -0.25) is 9.59 Å². The molecule has 0 fully saturated rings. The molecule has 0 radical (unpaired) electrons. The Hall–Kier alpha value is -9.72. The van der Waals surface area contributed by atoms with E-state index in [1.165, 1.54) is 32.2 Å². The molecule has 0 aromatic heterocycles. The zero-order valence-electron chi connectivity index (χ0n) is 45.2. The van der Waals surface area contributed by atoms with Crippen LogP contribution >= 0.6 is 0 Å². The van der Waals surface area contributed by atoms with Gasteiger partial charge in [-0.25, -0.2) is 28.0 Å². The van der Waals surface area contributed by atoms with E-state index in [2.05, 4.69) is 68.6 Å². The number of hydrogen-bond acceptors (Lipinski definition) is 13. The minimum absolute atomic E-state index is 0.0160. The first-order valence-electron chi connectivity index (χ1n) is 25.3. The lowest BCUT2D eigenvalue weighted by atomic mass is 9.98. The molecule has 17 nitrogen and oxygen atoms in total. The number of rotatable bonds is 17. The minimum atomic E-state index is -1.31. The molecule has 6 aromatic carbocycles. The summed E-state index contributed by atoms with van der Waals surface area (Å²) in [5, 5.41) is 16.2. The molecule has 19 heteroatoms. The van der Waals surface area contributed by atoms with E-state index in [4.69, 9.17) is 34.5 Å². The third-order valence-corrected chi connectivity index (χ3v) is 13.0. The number of carboxylic acid groups (broad SMARTS) is 1. The Kier molecular flexibility index (Phi) is 21.9. The SMILES string of the molecule is CC#CCOc1ccc(C(=O)N[C@H](C(=O)OC)[C@@H](C)NC(=O)OCC2c3ccccc3-c3ccccc32)c(F)c1.CC#CCOc1ccc(C(=O)O)c(F)c1.COC(=O)[C@@H](N)[C@@H](C)NC(=O)OCC1c2ccccc2-c2ccccc21. The van der Waals surface area contributed by atoms with Crippen molar-refractivity contribution in [3.8, 4) is 57.4 Å². The van der Waals surface area contributed by atoms with Crippen molar-refractivity contribution >= 4 is 36.0 Å². The van der Waals surface area contributed by atoms with Crippen LogP contribution in [0, 0.1) is 35.3 Å². The van der Waals surface area contributed by atoms with Gasteiger partial charge in [-0.2, -0.15) is 0 Å². The maximum atomic E-state index is 14.6. The highest BCUT2D eigenvalue weighted by molar-refractivity contribution is 5.97. The van der Waals surface area contributed by atoms with Crippen LogP contribution in [0.25, 0.3) is 22.3 Å². The zero-order chi connectivity index (χ0) is 58.6. The first-order chi connectivity index (χ1) is 39.0. The van der Waals surface area contributed by atoms with E-state index in [1.54, 1.807) is 20.8 Å². The molecule has 0 bridgehead atoms. The molecule has 0 aliphatic heterocycles. The number of nitrogens with one attached hydrogen (secondary N) is 3. The number of carboxylic acids is 1. The van der Waals surface area contributed by atoms with Gasteiger partial charge >= 0.3 is 30.1 Å². The van der Waals surface area contributed by atoms with Crippen LogP contribution in [0.5, 0.6) is 11.5 Å². The predicted octanol–water partition coefficient (Wildman–Crippen LogP) is 8.77. The van der Waals surface area contributed by atoms with E-state index in [0.717, 1.165) is 69.8 Å². The van der Waals surface area contributed by atoms with E-state index in [-0.39, 0.29) is 60.9 Å². The molecule has 420 valence electrons. The van der Waals surface area contributed by atoms with Crippen LogP contribution in [-0.2, 0) is 28.5 Å². The van der Waals surface area contributed by atoms with Crippen LogP contribution in [0.1, 0.15) is 82.5 Å². The lowest BCUT2D eigenvalue weighted by Crippen LogP contribution is -2.55. The van der Waals surface area contributed by atoms with Crippen molar-refractivity contribution in [1.82, 2.24) is 16.0 Å². The van der Waals surface area contributed by atoms with Crippen LogP contribution in [0.15, 0.2) is 133 Å². The summed E-state index contributed by atoms with van der Waals surface area (Å²) in [5.74, 6) is 5.68. The van der Waals surface area contributed by atoms with Crippen molar-refractivity contribution in [3.05, 3.63) is 178 Å². The van der Waals surface area contributed by atoms with E-state index in [0.29, 0.717) is 0 Å². The number of carbonyl (C=O) groups excluding carboxylic acids is 5. The monoisotopic (exact) mass is 1110 g/mol. The summed E-state index contributed by atoms with van der Waals surface area (Å²) in [4.78, 5) is 72.1. The van der Waals surface area contributed by atoms with Crippen molar-refractivity contribution in [2.75, 3.05) is 40.6 Å².